The summed E-state index contributed by atoms with van der Waals surface area (Å²) >= 11 is 0. The van der Waals surface area contributed by atoms with Crippen LogP contribution in [0.1, 0.15) is 18.9 Å². The van der Waals surface area contributed by atoms with Crippen LogP contribution in [0, 0.1) is 5.41 Å². The van der Waals surface area contributed by atoms with Crippen LogP contribution in [0.15, 0.2) is 30.7 Å². The average molecular weight is 300 g/mol. The van der Waals surface area contributed by atoms with Crippen LogP contribution in [0.5, 0.6) is 0 Å². The molecule has 1 aliphatic heterocycles. The second kappa shape index (κ2) is 6.75. The summed E-state index contributed by atoms with van der Waals surface area (Å²) in [5, 5.41) is 10.6. The van der Waals surface area contributed by atoms with E-state index in [0.29, 0.717) is 17.7 Å². The Morgan fingerprint density at radius 2 is 2.32 bits per heavy atom. The molecule has 1 atom stereocenters. The van der Waals surface area contributed by atoms with Crippen molar-refractivity contribution >= 4 is 29.4 Å². The number of anilines is 1. The number of hydrogen-bond acceptors (Lipinski definition) is 6. The van der Waals surface area contributed by atoms with Crippen molar-refractivity contribution < 1.29 is 14.4 Å². The van der Waals surface area contributed by atoms with E-state index in [9.17, 15) is 14.4 Å². The topological polar surface area (TPSA) is 103 Å². The summed E-state index contributed by atoms with van der Waals surface area (Å²) in [5.74, 6) is -0.640. The van der Waals surface area contributed by atoms with Gasteiger partial charge in [0.15, 0.2) is 5.78 Å². The third kappa shape index (κ3) is 3.25. The lowest BCUT2D eigenvalue weighted by atomic mass is 10.1. The number of amides is 1. The van der Waals surface area contributed by atoms with Crippen LogP contribution in [0.25, 0.3) is 0 Å². The highest BCUT2D eigenvalue weighted by molar-refractivity contribution is 6.45. The highest BCUT2D eigenvalue weighted by Crippen LogP contribution is 2.16. The lowest BCUT2D eigenvalue weighted by Gasteiger charge is -2.20. The van der Waals surface area contributed by atoms with Gasteiger partial charge in [-0.3, -0.25) is 20.0 Å². The van der Waals surface area contributed by atoms with Gasteiger partial charge in [0.2, 0.25) is 5.91 Å². The molecule has 1 amide bonds. The van der Waals surface area contributed by atoms with Crippen LogP contribution in [0.3, 0.4) is 0 Å². The van der Waals surface area contributed by atoms with Gasteiger partial charge in [0, 0.05) is 24.9 Å². The zero-order valence-corrected chi connectivity index (χ0v) is 12.1. The minimum absolute atomic E-state index is 0.0570. The number of rotatable bonds is 6. The number of ketones is 1. The fourth-order valence-corrected chi connectivity index (χ4v) is 2.13. The monoisotopic (exact) mass is 300 g/mol. The standard InChI is InChI=1S/C15H16N4O3/c1-10(21)15(16)12-4-5-17-7-13(12)18-8-14(22)19-6-2-3-11(19)9-20/h2,4-7,9,11,16,18H,3,8H2,1H3/t11-/m0/s1. The molecule has 0 aliphatic carbocycles. The van der Waals surface area contributed by atoms with Gasteiger partial charge in [-0.15, -0.1) is 0 Å². The number of Topliss-reactive ketones (excluding diaryl/α,β-unsaturated/α-hetero) is 1. The average Bonchev–Trinajstić information content (AvgIpc) is 3.00. The summed E-state index contributed by atoms with van der Waals surface area (Å²) in [6.45, 7) is 1.25. The molecular weight excluding hydrogens is 284 g/mol. The van der Waals surface area contributed by atoms with Crippen molar-refractivity contribution in [3.63, 3.8) is 0 Å². The number of aldehydes is 1. The largest absolute Gasteiger partial charge is 0.374 e. The van der Waals surface area contributed by atoms with Gasteiger partial charge in [0.25, 0.3) is 0 Å². The number of carbonyl (C=O) groups excluding carboxylic acids is 3. The molecular formula is C15H16N4O3. The summed E-state index contributed by atoms with van der Waals surface area (Å²) in [7, 11) is 0. The summed E-state index contributed by atoms with van der Waals surface area (Å²) in [5.41, 5.74) is 0.672. The summed E-state index contributed by atoms with van der Waals surface area (Å²) < 4.78 is 0. The maximum atomic E-state index is 12.1. The summed E-state index contributed by atoms with van der Waals surface area (Å²) in [6, 6.07) is 1.08. The molecule has 0 spiro atoms. The van der Waals surface area contributed by atoms with E-state index in [-0.39, 0.29) is 23.9 Å². The third-order valence-electron chi connectivity index (χ3n) is 3.32. The molecule has 22 heavy (non-hydrogen) atoms. The van der Waals surface area contributed by atoms with Crippen LogP contribution in [0.4, 0.5) is 5.69 Å². The third-order valence-corrected chi connectivity index (χ3v) is 3.32. The first-order valence-corrected chi connectivity index (χ1v) is 6.75. The van der Waals surface area contributed by atoms with E-state index in [4.69, 9.17) is 5.41 Å². The Bertz CT molecular complexity index is 654. The van der Waals surface area contributed by atoms with Gasteiger partial charge in [-0.25, -0.2) is 0 Å². The molecule has 0 aromatic carbocycles. The highest BCUT2D eigenvalue weighted by Gasteiger charge is 2.24. The molecule has 0 saturated heterocycles. The van der Waals surface area contributed by atoms with E-state index in [2.05, 4.69) is 10.3 Å². The highest BCUT2D eigenvalue weighted by atomic mass is 16.2. The Labute approximate surface area is 127 Å². The van der Waals surface area contributed by atoms with E-state index < -0.39 is 6.04 Å². The molecule has 114 valence electrons. The van der Waals surface area contributed by atoms with Crippen molar-refractivity contribution in [2.45, 2.75) is 19.4 Å². The van der Waals surface area contributed by atoms with Gasteiger partial charge in [-0.2, -0.15) is 0 Å². The van der Waals surface area contributed by atoms with E-state index in [1.165, 1.54) is 24.2 Å². The smallest absolute Gasteiger partial charge is 0.246 e. The predicted octanol–water partition coefficient (Wildman–Crippen LogP) is 0.764. The van der Waals surface area contributed by atoms with Crippen LogP contribution in [-0.4, -0.2) is 46.2 Å². The zero-order chi connectivity index (χ0) is 16.1. The summed E-state index contributed by atoms with van der Waals surface area (Å²) in [4.78, 5) is 39.6. The molecule has 2 N–H and O–H groups in total. The van der Waals surface area contributed by atoms with Crippen LogP contribution in [0.2, 0.25) is 0 Å². The van der Waals surface area contributed by atoms with Crippen molar-refractivity contribution in [3.05, 3.63) is 36.3 Å². The molecule has 0 radical (unpaired) electrons. The normalized spacial score (nSPS) is 16.4. The van der Waals surface area contributed by atoms with Crippen LogP contribution >= 0.6 is 0 Å². The van der Waals surface area contributed by atoms with Crippen molar-refractivity contribution in [2.24, 2.45) is 0 Å². The lowest BCUT2D eigenvalue weighted by molar-refractivity contribution is -0.130. The van der Waals surface area contributed by atoms with Crippen LogP contribution in [-0.2, 0) is 14.4 Å². The molecule has 2 heterocycles. The first-order valence-electron chi connectivity index (χ1n) is 6.75. The SMILES string of the molecule is CC(=O)C(=N)c1ccncc1NCC(=O)N1C=CC[C@H]1C=O. The molecule has 1 aromatic heterocycles. The van der Waals surface area contributed by atoms with Crippen molar-refractivity contribution in [1.82, 2.24) is 9.88 Å². The predicted molar refractivity (Wildman–Crippen MR) is 80.7 cm³/mol. The van der Waals surface area contributed by atoms with E-state index in [1.807, 2.05) is 0 Å². The Morgan fingerprint density at radius 3 is 3.00 bits per heavy atom. The molecule has 2 rings (SSSR count). The van der Waals surface area contributed by atoms with Gasteiger partial charge >= 0.3 is 0 Å². The number of nitrogens with zero attached hydrogens (tertiary/aromatic N) is 2. The Hall–Kier alpha value is -2.83. The maximum absolute atomic E-state index is 12.1. The van der Waals surface area contributed by atoms with Crippen LogP contribution < -0.4 is 5.32 Å². The fraction of sp³-hybridized carbons (Fsp3) is 0.267. The zero-order valence-electron chi connectivity index (χ0n) is 12.1. The number of aromatic nitrogens is 1. The second-order valence-electron chi connectivity index (χ2n) is 4.83. The number of nitrogens with one attached hydrogen (secondary N) is 2. The van der Waals surface area contributed by atoms with E-state index in [0.717, 1.165) is 6.29 Å². The maximum Gasteiger partial charge on any atom is 0.246 e. The number of pyridine rings is 1. The molecule has 0 unspecified atom stereocenters. The first kappa shape index (κ1) is 15.6. The Kier molecular flexibility index (Phi) is 4.77. The first-order chi connectivity index (χ1) is 10.5. The molecule has 7 heteroatoms. The van der Waals surface area contributed by atoms with Crippen molar-refractivity contribution in [1.29, 1.82) is 5.41 Å². The minimum Gasteiger partial charge on any atom is -0.374 e. The van der Waals surface area contributed by atoms with E-state index >= 15 is 0 Å². The molecule has 0 saturated carbocycles. The molecule has 1 aromatic rings. The van der Waals surface area contributed by atoms with Gasteiger partial charge in [0.05, 0.1) is 24.5 Å². The lowest BCUT2D eigenvalue weighted by Crippen LogP contribution is -2.37. The van der Waals surface area contributed by atoms with Gasteiger partial charge in [-0.05, 0) is 12.5 Å². The molecule has 7 nitrogen and oxygen atoms in total. The number of hydrogen-bond donors (Lipinski definition) is 2. The Morgan fingerprint density at radius 1 is 1.55 bits per heavy atom. The fourth-order valence-electron chi connectivity index (χ4n) is 2.13. The molecule has 0 fully saturated rings. The van der Waals surface area contributed by atoms with Gasteiger partial charge < -0.3 is 15.0 Å². The molecule has 0 bridgehead atoms. The van der Waals surface area contributed by atoms with Crippen molar-refractivity contribution in [2.75, 3.05) is 11.9 Å². The van der Waals surface area contributed by atoms with Crippen molar-refractivity contribution in [3.8, 4) is 0 Å². The minimum atomic E-state index is -0.460. The quantitative estimate of drug-likeness (QED) is 0.596. The van der Waals surface area contributed by atoms with E-state index in [1.54, 1.807) is 18.3 Å². The molecule has 1 aliphatic rings. The van der Waals surface area contributed by atoms with Gasteiger partial charge in [0.1, 0.15) is 12.0 Å². The van der Waals surface area contributed by atoms with Gasteiger partial charge in [-0.1, -0.05) is 6.08 Å². The second-order valence-corrected chi connectivity index (χ2v) is 4.83. The number of carbonyl (C=O) groups is 3. The Balaban J connectivity index is 2.07. The summed E-state index contributed by atoms with van der Waals surface area (Å²) in [6.07, 6.45) is 7.53.